The number of nitrogens with two attached hydrogens (primary N) is 1. The van der Waals surface area contributed by atoms with E-state index in [1.807, 2.05) is 10.7 Å². The molecular formula is C22H35N3OSi. The fourth-order valence-electron chi connectivity index (χ4n) is 4.80. The molecule has 0 bridgehead atoms. The van der Waals surface area contributed by atoms with Crippen LogP contribution in [0.3, 0.4) is 0 Å². The molecule has 2 aromatic rings. The number of nitrogen functional groups attached to an aromatic ring is 1. The molecule has 1 atom stereocenters. The monoisotopic (exact) mass is 385 g/mol. The van der Waals surface area contributed by atoms with E-state index in [2.05, 4.69) is 74.4 Å². The summed E-state index contributed by atoms with van der Waals surface area (Å²) < 4.78 is 8.77. The fraction of sp³-hybridized carbons (Fsp3) is 0.591. The Bertz CT molecular complexity index is 853. The minimum absolute atomic E-state index is 0.0388. The Morgan fingerprint density at radius 2 is 1.70 bits per heavy atom. The molecule has 0 aliphatic carbocycles. The number of rotatable bonds is 3. The van der Waals surface area contributed by atoms with Crippen molar-refractivity contribution in [1.29, 1.82) is 0 Å². The number of anilines is 1. The van der Waals surface area contributed by atoms with Gasteiger partial charge in [0.1, 0.15) is 11.6 Å². The quantitative estimate of drug-likeness (QED) is 0.673. The first kappa shape index (κ1) is 20.0. The van der Waals surface area contributed by atoms with Crippen molar-refractivity contribution in [2.24, 2.45) is 0 Å². The van der Waals surface area contributed by atoms with Gasteiger partial charge in [0.2, 0.25) is 0 Å². The maximum Gasteiger partial charge on any atom is 0.263 e. The van der Waals surface area contributed by atoms with Crippen LogP contribution >= 0.6 is 0 Å². The third-order valence-corrected chi connectivity index (χ3v) is 12.0. The van der Waals surface area contributed by atoms with E-state index < -0.39 is 8.32 Å². The van der Waals surface area contributed by atoms with Crippen molar-refractivity contribution in [3.8, 4) is 11.4 Å². The average Bonchev–Trinajstić information content (AvgIpc) is 3.05. The van der Waals surface area contributed by atoms with E-state index in [9.17, 15) is 0 Å². The molecule has 27 heavy (non-hydrogen) atoms. The molecule has 1 aliphatic heterocycles. The van der Waals surface area contributed by atoms with Crippen molar-refractivity contribution < 1.29 is 4.43 Å². The number of hydrogen-bond donors (Lipinski definition) is 1. The van der Waals surface area contributed by atoms with Crippen LogP contribution in [0.25, 0.3) is 5.69 Å². The molecule has 1 aromatic heterocycles. The van der Waals surface area contributed by atoms with Gasteiger partial charge in [-0.1, -0.05) is 55.4 Å². The van der Waals surface area contributed by atoms with Crippen LogP contribution in [0.1, 0.15) is 77.8 Å². The van der Waals surface area contributed by atoms with E-state index in [1.165, 1.54) is 11.1 Å². The van der Waals surface area contributed by atoms with E-state index in [0.29, 0.717) is 22.4 Å². The van der Waals surface area contributed by atoms with Gasteiger partial charge >= 0.3 is 0 Å². The zero-order valence-electron chi connectivity index (χ0n) is 18.3. The summed E-state index contributed by atoms with van der Waals surface area (Å²) in [5, 5.41) is 4.89. The molecule has 0 spiro atoms. The Labute approximate surface area is 165 Å². The maximum atomic E-state index is 6.84. The number of aryl methyl sites for hydroxylation is 1. The summed E-state index contributed by atoms with van der Waals surface area (Å²) in [6.07, 6.45) is 0. The highest BCUT2D eigenvalue weighted by atomic mass is 28.4. The highest BCUT2D eigenvalue weighted by Crippen LogP contribution is 2.54. The smallest absolute Gasteiger partial charge is 0.263 e. The molecule has 3 rings (SSSR count). The fourth-order valence-corrected chi connectivity index (χ4v) is 10.1. The lowest BCUT2D eigenvalue weighted by Crippen LogP contribution is -2.49. The van der Waals surface area contributed by atoms with Crippen molar-refractivity contribution in [2.75, 3.05) is 5.73 Å². The van der Waals surface area contributed by atoms with Crippen LogP contribution in [0.15, 0.2) is 18.2 Å². The van der Waals surface area contributed by atoms with Crippen LogP contribution in [-0.4, -0.2) is 18.1 Å². The maximum absolute atomic E-state index is 6.84. The standard InChI is InChI=1S/C22H35N3OSi/c1-13(2)27(14(3)4)16(6)21-17(10-15(5)11-18(21)26-27)25-20(23)12-19(24-25)22(7,8)9/h10-14,16H,23H2,1-9H3. The summed E-state index contributed by atoms with van der Waals surface area (Å²) in [7, 11) is -2.01. The molecule has 148 valence electrons. The highest BCUT2D eigenvalue weighted by Gasteiger charge is 2.55. The minimum atomic E-state index is -2.01. The Morgan fingerprint density at radius 1 is 1.11 bits per heavy atom. The largest absolute Gasteiger partial charge is 0.542 e. The van der Waals surface area contributed by atoms with Gasteiger partial charge in [0.25, 0.3) is 8.32 Å². The van der Waals surface area contributed by atoms with Gasteiger partial charge in [-0.25, -0.2) is 4.68 Å². The summed E-state index contributed by atoms with van der Waals surface area (Å²) in [5.74, 6) is 1.73. The number of benzene rings is 1. The first-order chi connectivity index (χ1) is 12.4. The Balaban J connectivity index is 2.23. The second kappa shape index (κ2) is 6.40. The molecule has 2 heterocycles. The third kappa shape index (κ3) is 3.00. The van der Waals surface area contributed by atoms with Crippen LogP contribution in [-0.2, 0) is 5.41 Å². The second-order valence-corrected chi connectivity index (χ2v) is 14.9. The molecule has 1 aromatic carbocycles. The average molecular weight is 386 g/mol. The van der Waals surface area contributed by atoms with Crippen molar-refractivity contribution in [3.63, 3.8) is 0 Å². The normalized spacial score (nSPS) is 18.9. The molecule has 5 heteroatoms. The Morgan fingerprint density at radius 3 is 2.19 bits per heavy atom. The Hall–Kier alpha value is -1.75. The zero-order chi connectivity index (χ0) is 20.3. The minimum Gasteiger partial charge on any atom is -0.542 e. The van der Waals surface area contributed by atoms with Gasteiger partial charge in [-0.2, -0.15) is 5.10 Å². The highest BCUT2D eigenvalue weighted by molar-refractivity contribution is 6.79. The predicted molar refractivity (Wildman–Crippen MR) is 116 cm³/mol. The van der Waals surface area contributed by atoms with Crippen LogP contribution in [0.2, 0.25) is 11.1 Å². The number of fused-ring (bicyclic) bond motifs is 1. The van der Waals surface area contributed by atoms with Crippen molar-refractivity contribution in [3.05, 3.63) is 35.0 Å². The lowest BCUT2D eigenvalue weighted by molar-refractivity contribution is 0.512. The third-order valence-electron chi connectivity index (χ3n) is 6.20. The second-order valence-electron chi connectivity index (χ2n) is 9.80. The predicted octanol–water partition coefficient (Wildman–Crippen LogP) is 5.86. The molecule has 0 radical (unpaired) electrons. The van der Waals surface area contributed by atoms with Gasteiger partial charge < -0.3 is 10.2 Å². The zero-order valence-corrected chi connectivity index (χ0v) is 19.3. The SMILES string of the molecule is Cc1cc2c(c(-n3nc(C(C)(C)C)cc3N)c1)C(C)[Si](C(C)C)(C(C)C)O2. The van der Waals surface area contributed by atoms with Crippen LogP contribution in [0.5, 0.6) is 5.75 Å². The molecule has 2 N–H and O–H groups in total. The molecule has 0 saturated carbocycles. The molecule has 1 aliphatic rings. The lowest BCUT2D eigenvalue weighted by atomic mass is 9.92. The van der Waals surface area contributed by atoms with Crippen molar-refractivity contribution in [1.82, 2.24) is 9.78 Å². The summed E-state index contributed by atoms with van der Waals surface area (Å²) in [5.41, 5.74) is 12.4. The molecule has 0 saturated heterocycles. The van der Waals surface area contributed by atoms with E-state index in [4.69, 9.17) is 15.3 Å². The van der Waals surface area contributed by atoms with Gasteiger partial charge in [0, 0.05) is 22.6 Å². The first-order valence-electron chi connectivity index (χ1n) is 10.1. The summed E-state index contributed by atoms with van der Waals surface area (Å²) >= 11 is 0. The number of aromatic nitrogens is 2. The van der Waals surface area contributed by atoms with Crippen molar-refractivity contribution >= 4 is 14.1 Å². The molecule has 0 fully saturated rings. The summed E-state index contributed by atoms with van der Waals surface area (Å²) in [6, 6.07) is 6.41. The van der Waals surface area contributed by atoms with E-state index in [1.54, 1.807) is 0 Å². The van der Waals surface area contributed by atoms with Gasteiger partial charge in [-0.05, 0) is 35.7 Å². The molecule has 4 nitrogen and oxygen atoms in total. The molecular weight excluding hydrogens is 350 g/mol. The van der Waals surface area contributed by atoms with E-state index in [0.717, 1.165) is 17.1 Å². The van der Waals surface area contributed by atoms with E-state index in [-0.39, 0.29) is 5.41 Å². The number of hydrogen-bond acceptors (Lipinski definition) is 3. The van der Waals surface area contributed by atoms with Gasteiger partial charge in [-0.3, -0.25) is 0 Å². The van der Waals surface area contributed by atoms with E-state index >= 15 is 0 Å². The summed E-state index contributed by atoms with van der Waals surface area (Å²) in [4.78, 5) is 0. The van der Waals surface area contributed by atoms with Gasteiger partial charge in [0.05, 0.1) is 11.4 Å². The Kier molecular flexibility index (Phi) is 4.74. The van der Waals surface area contributed by atoms with Crippen molar-refractivity contribution in [2.45, 2.75) is 84.4 Å². The van der Waals surface area contributed by atoms with Crippen LogP contribution < -0.4 is 10.2 Å². The lowest BCUT2D eigenvalue weighted by Gasteiger charge is -2.37. The summed E-state index contributed by atoms with van der Waals surface area (Å²) in [6.45, 7) is 20.3. The first-order valence-corrected chi connectivity index (χ1v) is 12.2. The van der Waals surface area contributed by atoms with Gasteiger partial charge in [-0.15, -0.1) is 0 Å². The topological polar surface area (TPSA) is 53.1 Å². The van der Waals surface area contributed by atoms with Gasteiger partial charge in [0.15, 0.2) is 0 Å². The molecule has 0 amide bonds. The van der Waals surface area contributed by atoms with Crippen LogP contribution in [0, 0.1) is 6.92 Å². The molecule has 1 unspecified atom stereocenters. The number of nitrogens with zero attached hydrogens (tertiary/aromatic N) is 2. The van der Waals surface area contributed by atoms with Crippen LogP contribution in [0.4, 0.5) is 5.82 Å².